The summed E-state index contributed by atoms with van der Waals surface area (Å²) >= 11 is 5.17. The van der Waals surface area contributed by atoms with Gasteiger partial charge in [-0.2, -0.15) is 0 Å². The maximum atomic E-state index is 12.2. The van der Waals surface area contributed by atoms with E-state index in [0.717, 1.165) is 11.1 Å². The number of carbonyl (C=O) groups excluding carboxylic acids is 2. The van der Waals surface area contributed by atoms with E-state index >= 15 is 0 Å². The summed E-state index contributed by atoms with van der Waals surface area (Å²) in [6, 6.07) is 12.5. The van der Waals surface area contributed by atoms with E-state index in [4.69, 9.17) is 17.0 Å². The van der Waals surface area contributed by atoms with Gasteiger partial charge in [-0.1, -0.05) is 18.2 Å². The number of amides is 1. The lowest BCUT2D eigenvalue weighted by Gasteiger charge is -2.11. The topological polar surface area (TPSA) is 67.4 Å². The number of ether oxygens (including phenoxy) is 1. The minimum absolute atomic E-state index is 0.198. The third-order valence-corrected chi connectivity index (χ3v) is 3.76. The zero-order valence-electron chi connectivity index (χ0n) is 12.4. The van der Waals surface area contributed by atoms with Crippen molar-refractivity contribution in [2.75, 3.05) is 5.32 Å². The van der Waals surface area contributed by atoms with Gasteiger partial charge >= 0.3 is 5.97 Å². The second-order valence-corrected chi connectivity index (χ2v) is 5.58. The lowest BCUT2D eigenvalue weighted by atomic mass is 10.1. The maximum Gasteiger partial charge on any atom is 0.338 e. The van der Waals surface area contributed by atoms with Crippen LogP contribution < -0.4 is 10.6 Å². The van der Waals surface area contributed by atoms with E-state index in [1.54, 1.807) is 30.3 Å². The van der Waals surface area contributed by atoms with E-state index in [9.17, 15) is 9.59 Å². The summed E-state index contributed by atoms with van der Waals surface area (Å²) in [6.07, 6.45) is 0. The molecule has 1 aliphatic heterocycles. The Bertz CT molecular complexity index is 817. The molecular formula is C17H14N2O3S. The molecule has 0 spiro atoms. The maximum absolute atomic E-state index is 12.2. The molecule has 6 heteroatoms. The molecule has 0 radical (unpaired) electrons. The molecule has 1 amide bonds. The highest BCUT2D eigenvalue weighted by molar-refractivity contribution is 7.80. The summed E-state index contributed by atoms with van der Waals surface area (Å²) in [4.78, 5) is 23.6. The first-order chi connectivity index (χ1) is 11.0. The van der Waals surface area contributed by atoms with Crippen LogP contribution in [0, 0.1) is 6.92 Å². The molecule has 0 saturated carbocycles. The summed E-state index contributed by atoms with van der Waals surface area (Å²) in [5.41, 5.74) is 3.50. The zero-order chi connectivity index (χ0) is 16.4. The van der Waals surface area contributed by atoms with E-state index in [2.05, 4.69) is 10.6 Å². The van der Waals surface area contributed by atoms with Gasteiger partial charge in [-0.05, 0) is 49.0 Å². The van der Waals surface area contributed by atoms with E-state index in [1.165, 1.54) is 0 Å². The molecule has 1 heterocycles. The number of hydrogen-bond acceptors (Lipinski definition) is 4. The SMILES string of the molecule is Cc1ccccc1C(=O)NC(=S)Nc1ccc2c(c1)COC2=O. The number of aryl methyl sites for hydroxylation is 1. The van der Waals surface area contributed by atoms with Gasteiger partial charge in [0.1, 0.15) is 6.61 Å². The summed E-state index contributed by atoms with van der Waals surface area (Å²) < 4.78 is 4.95. The first kappa shape index (κ1) is 15.2. The molecule has 2 aromatic rings. The molecule has 2 N–H and O–H groups in total. The second kappa shape index (κ2) is 6.18. The van der Waals surface area contributed by atoms with Crippen LogP contribution in [-0.4, -0.2) is 17.0 Å². The highest BCUT2D eigenvalue weighted by atomic mass is 32.1. The second-order valence-electron chi connectivity index (χ2n) is 5.17. The van der Waals surface area contributed by atoms with Crippen LogP contribution in [0.4, 0.5) is 5.69 Å². The number of anilines is 1. The Labute approximate surface area is 138 Å². The quantitative estimate of drug-likeness (QED) is 0.656. The lowest BCUT2D eigenvalue weighted by Crippen LogP contribution is -2.34. The van der Waals surface area contributed by atoms with Crippen LogP contribution in [0.2, 0.25) is 0 Å². The Morgan fingerprint density at radius 1 is 1.22 bits per heavy atom. The number of benzene rings is 2. The molecule has 3 rings (SSSR count). The van der Waals surface area contributed by atoms with Crippen LogP contribution in [0.5, 0.6) is 0 Å². The molecule has 23 heavy (non-hydrogen) atoms. The summed E-state index contributed by atoms with van der Waals surface area (Å²) in [5, 5.41) is 5.78. The number of carbonyl (C=O) groups is 2. The van der Waals surface area contributed by atoms with Crippen molar-refractivity contribution in [1.29, 1.82) is 0 Å². The lowest BCUT2D eigenvalue weighted by molar-refractivity contribution is 0.0535. The fraction of sp³-hybridized carbons (Fsp3) is 0.118. The van der Waals surface area contributed by atoms with E-state index in [-0.39, 0.29) is 23.6 Å². The van der Waals surface area contributed by atoms with E-state index in [0.29, 0.717) is 16.8 Å². The number of hydrogen-bond donors (Lipinski definition) is 2. The average molecular weight is 326 g/mol. The van der Waals surface area contributed by atoms with Gasteiger partial charge in [-0.25, -0.2) is 4.79 Å². The number of fused-ring (bicyclic) bond motifs is 1. The number of cyclic esters (lactones) is 1. The Kier molecular flexibility index (Phi) is 4.08. The normalized spacial score (nSPS) is 12.3. The van der Waals surface area contributed by atoms with Crippen molar-refractivity contribution < 1.29 is 14.3 Å². The van der Waals surface area contributed by atoms with Crippen molar-refractivity contribution in [3.63, 3.8) is 0 Å². The molecule has 0 aliphatic carbocycles. The predicted octanol–water partition coefficient (Wildman–Crippen LogP) is 2.79. The van der Waals surface area contributed by atoms with Crippen molar-refractivity contribution >= 4 is 34.9 Å². The minimum atomic E-state index is -0.318. The molecule has 0 aromatic heterocycles. The summed E-state index contributed by atoms with van der Waals surface area (Å²) in [5.74, 6) is -0.581. The number of nitrogens with one attached hydrogen (secondary N) is 2. The van der Waals surface area contributed by atoms with Crippen LogP contribution in [0.1, 0.15) is 31.8 Å². The molecular weight excluding hydrogens is 312 g/mol. The van der Waals surface area contributed by atoms with Gasteiger partial charge in [0.05, 0.1) is 5.56 Å². The Morgan fingerprint density at radius 2 is 2.00 bits per heavy atom. The minimum Gasteiger partial charge on any atom is -0.457 e. The number of rotatable bonds is 2. The molecule has 0 fully saturated rings. The summed E-state index contributed by atoms with van der Waals surface area (Å²) in [6.45, 7) is 2.12. The van der Waals surface area contributed by atoms with Crippen LogP contribution in [-0.2, 0) is 11.3 Å². The smallest absolute Gasteiger partial charge is 0.338 e. The third kappa shape index (κ3) is 3.22. The van der Waals surface area contributed by atoms with Crippen molar-refractivity contribution in [1.82, 2.24) is 5.32 Å². The number of thiocarbonyl (C=S) groups is 1. The van der Waals surface area contributed by atoms with Gasteiger partial charge in [0.25, 0.3) is 5.91 Å². The molecule has 0 bridgehead atoms. The van der Waals surface area contributed by atoms with E-state index in [1.807, 2.05) is 19.1 Å². The van der Waals surface area contributed by atoms with Crippen molar-refractivity contribution in [2.24, 2.45) is 0 Å². The van der Waals surface area contributed by atoms with Gasteiger partial charge < -0.3 is 10.1 Å². The van der Waals surface area contributed by atoms with Crippen molar-refractivity contribution in [2.45, 2.75) is 13.5 Å². The van der Waals surface area contributed by atoms with Crippen LogP contribution in [0.3, 0.4) is 0 Å². The molecule has 0 unspecified atom stereocenters. The fourth-order valence-corrected chi connectivity index (χ4v) is 2.58. The first-order valence-electron chi connectivity index (χ1n) is 7.02. The standard InChI is InChI=1S/C17H14N2O3S/c1-10-4-2-3-5-13(10)15(20)19-17(23)18-12-6-7-14-11(8-12)9-22-16(14)21/h2-8H,9H2,1H3,(H2,18,19,20,23). The van der Waals surface area contributed by atoms with E-state index < -0.39 is 0 Å². The molecule has 116 valence electrons. The molecule has 1 aliphatic rings. The molecule has 2 aromatic carbocycles. The highest BCUT2D eigenvalue weighted by Gasteiger charge is 2.21. The van der Waals surface area contributed by atoms with Crippen molar-refractivity contribution in [3.05, 3.63) is 64.7 Å². The summed E-state index contributed by atoms with van der Waals surface area (Å²) in [7, 11) is 0. The molecule has 5 nitrogen and oxygen atoms in total. The van der Waals surface area contributed by atoms with Crippen LogP contribution in [0.25, 0.3) is 0 Å². The zero-order valence-corrected chi connectivity index (χ0v) is 13.2. The third-order valence-electron chi connectivity index (χ3n) is 3.56. The highest BCUT2D eigenvalue weighted by Crippen LogP contribution is 2.23. The Morgan fingerprint density at radius 3 is 2.78 bits per heavy atom. The molecule has 0 saturated heterocycles. The van der Waals surface area contributed by atoms with Crippen molar-refractivity contribution in [3.8, 4) is 0 Å². The molecule has 0 atom stereocenters. The Balaban J connectivity index is 1.67. The average Bonchev–Trinajstić information content (AvgIpc) is 2.88. The first-order valence-corrected chi connectivity index (χ1v) is 7.43. The monoisotopic (exact) mass is 326 g/mol. The van der Waals surface area contributed by atoms with Gasteiger partial charge in [0, 0.05) is 16.8 Å². The van der Waals surface area contributed by atoms with Crippen LogP contribution >= 0.6 is 12.2 Å². The van der Waals surface area contributed by atoms with Gasteiger partial charge in [-0.15, -0.1) is 0 Å². The fourth-order valence-electron chi connectivity index (χ4n) is 2.37. The largest absolute Gasteiger partial charge is 0.457 e. The van der Waals surface area contributed by atoms with Gasteiger partial charge in [0.2, 0.25) is 0 Å². The van der Waals surface area contributed by atoms with Crippen LogP contribution in [0.15, 0.2) is 42.5 Å². The van der Waals surface area contributed by atoms with Gasteiger partial charge in [-0.3, -0.25) is 10.1 Å². The predicted molar refractivity (Wildman–Crippen MR) is 90.4 cm³/mol. The Hall–Kier alpha value is -2.73. The number of esters is 1. The van der Waals surface area contributed by atoms with Gasteiger partial charge in [0.15, 0.2) is 5.11 Å².